The minimum absolute atomic E-state index is 0.00368. The van der Waals surface area contributed by atoms with E-state index in [0.29, 0.717) is 37.0 Å². The normalized spacial score (nSPS) is 16.0. The summed E-state index contributed by atoms with van der Waals surface area (Å²) >= 11 is 0. The third-order valence-electron chi connectivity index (χ3n) is 5.71. The fourth-order valence-corrected chi connectivity index (χ4v) is 4.31. The molecule has 1 aliphatic rings. The number of rotatable bonds is 9. The van der Waals surface area contributed by atoms with Crippen LogP contribution in [0.1, 0.15) is 32.0 Å². The van der Waals surface area contributed by atoms with Crippen molar-refractivity contribution in [2.24, 2.45) is 7.05 Å². The fourth-order valence-electron chi connectivity index (χ4n) is 3.39. The molecule has 1 amide bonds. The van der Waals surface area contributed by atoms with E-state index in [1.54, 1.807) is 18.2 Å². The summed E-state index contributed by atoms with van der Waals surface area (Å²) in [4.78, 5) is 19.4. The number of carbonyl (C=O) groups is 1. The highest BCUT2D eigenvalue weighted by Crippen LogP contribution is 2.26. The molecule has 8 nitrogen and oxygen atoms in total. The Hall–Kier alpha value is -1.97. The molecule has 0 spiro atoms. The number of amides is 1. The number of aryl methyl sites for hydroxylation is 2. The number of hydrogen-bond donors (Lipinski definition) is 1. The summed E-state index contributed by atoms with van der Waals surface area (Å²) in [6, 6.07) is 5.93. The fraction of sp³-hybridized carbons (Fsp3) is 0.600. The lowest BCUT2D eigenvalue weighted by Gasteiger charge is -2.24. The third kappa shape index (κ3) is 4.79. The van der Waals surface area contributed by atoms with Gasteiger partial charge in [0.05, 0.1) is 15.9 Å². The highest BCUT2D eigenvalue weighted by Gasteiger charge is 2.29. The second kappa shape index (κ2) is 8.41. The number of benzene rings is 1. The number of likely N-dealkylation sites (N-methyl/N-ethyl adjacent to an activating group) is 1. The van der Waals surface area contributed by atoms with Gasteiger partial charge in [0.2, 0.25) is 15.9 Å². The Morgan fingerprint density at radius 1 is 1.31 bits per heavy atom. The van der Waals surface area contributed by atoms with Crippen molar-refractivity contribution in [2.45, 2.75) is 49.6 Å². The standard InChI is InChI=1S/C20H31N5O3S/c1-14(24(4)15-6-7-15)13-21-20(26)11-10-19-22-17-12-16(29(27,28)23(2)3)8-9-18(17)25(19)5/h8-9,12,14-15H,6-7,10-11,13H2,1-5H3,(H,21,26). The molecule has 1 N–H and O–H groups in total. The predicted octanol–water partition coefficient (Wildman–Crippen LogP) is 1.36. The molecule has 160 valence electrons. The van der Waals surface area contributed by atoms with Gasteiger partial charge in [0.25, 0.3) is 0 Å². The molecule has 1 aliphatic carbocycles. The highest BCUT2D eigenvalue weighted by molar-refractivity contribution is 7.89. The quantitative estimate of drug-likeness (QED) is 0.661. The number of hydrogen-bond acceptors (Lipinski definition) is 5. The van der Waals surface area contributed by atoms with E-state index in [-0.39, 0.29) is 10.8 Å². The molecule has 9 heteroatoms. The summed E-state index contributed by atoms with van der Waals surface area (Å²) in [7, 11) is 3.50. The number of aromatic nitrogens is 2. The molecule has 1 atom stereocenters. The average molecular weight is 422 g/mol. The van der Waals surface area contributed by atoms with Crippen LogP contribution in [0.2, 0.25) is 0 Å². The molecular weight excluding hydrogens is 390 g/mol. The zero-order valence-electron chi connectivity index (χ0n) is 17.8. The maximum absolute atomic E-state index is 12.3. The lowest BCUT2D eigenvalue weighted by atomic mass is 10.2. The summed E-state index contributed by atoms with van der Waals surface area (Å²) in [6.07, 6.45) is 3.34. The molecule has 0 aliphatic heterocycles. The van der Waals surface area contributed by atoms with Crippen LogP contribution < -0.4 is 5.32 Å². The molecule has 1 saturated carbocycles. The van der Waals surface area contributed by atoms with Crippen LogP contribution in [0, 0.1) is 0 Å². The van der Waals surface area contributed by atoms with Crippen LogP contribution in [0.5, 0.6) is 0 Å². The second-order valence-electron chi connectivity index (χ2n) is 8.07. The molecule has 0 saturated heterocycles. The molecular formula is C20H31N5O3S. The van der Waals surface area contributed by atoms with E-state index in [1.807, 2.05) is 11.6 Å². The van der Waals surface area contributed by atoms with Crippen molar-refractivity contribution < 1.29 is 13.2 Å². The summed E-state index contributed by atoms with van der Waals surface area (Å²) in [5.74, 6) is 0.765. The Morgan fingerprint density at radius 3 is 2.62 bits per heavy atom. The summed E-state index contributed by atoms with van der Waals surface area (Å²) in [6.45, 7) is 2.77. The number of nitrogens with one attached hydrogen (secondary N) is 1. The predicted molar refractivity (Wildman–Crippen MR) is 113 cm³/mol. The van der Waals surface area contributed by atoms with E-state index < -0.39 is 10.0 Å². The molecule has 1 aromatic carbocycles. The van der Waals surface area contributed by atoms with Gasteiger partial charge in [-0.1, -0.05) is 0 Å². The largest absolute Gasteiger partial charge is 0.355 e. The van der Waals surface area contributed by atoms with Crippen LogP contribution >= 0.6 is 0 Å². The van der Waals surface area contributed by atoms with Crippen molar-refractivity contribution in [2.75, 3.05) is 27.7 Å². The van der Waals surface area contributed by atoms with Crippen molar-refractivity contribution in [3.63, 3.8) is 0 Å². The van der Waals surface area contributed by atoms with Gasteiger partial charge >= 0.3 is 0 Å². The summed E-state index contributed by atoms with van der Waals surface area (Å²) in [5, 5.41) is 3.01. The molecule has 3 rings (SSSR count). The molecule has 1 fully saturated rings. The topological polar surface area (TPSA) is 87.5 Å². The van der Waals surface area contributed by atoms with E-state index >= 15 is 0 Å². The van der Waals surface area contributed by atoms with Gasteiger partial charge < -0.3 is 9.88 Å². The smallest absolute Gasteiger partial charge is 0.242 e. The van der Waals surface area contributed by atoms with E-state index in [1.165, 1.54) is 31.2 Å². The van der Waals surface area contributed by atoms with Gasteiger partial charge in [-0.25, -0.2) is 17.7 Å². The Kier molecular flexibility index (Phi) is 6.30. The Labute approximate surface area is 172 Å². The molecule has 0 radical (unpaired) electrons. The van der Waals surface area contributed by atoms with Crippen molar-refractivity contribution in [1.82, 2.24) is 24.1 Å². The summed E-state index contributed by atoms with van der Waals surface area (Å²) < 4.78 is 27.8. The number of sulfonamides is 1. The van der Waals surface area contributed by atoms with Gasteiger partial charge in [-0.05, 0) is 45.0 Å². The number of nitrogens with zero attached hydrogens (tertiary/aromatic N) is 4. The van der Waals surface area contributed by atoms with Crippen molar-refractivity contribution in [3.8, 4) is 0 Å². The number of carbonyl (C=O) groups excluding carboxylic acids is 1. The third-order valence-corrected chi connectivity index (χ3v) is 7.52. The van der Waals surface area contributed by atoms with Gasteiger partial charge in [0.15, 0.2) is 0 Å². The highest BCUT2D eigenvalue weighted by atomic mass is 32.2. The lowest BCUT2D eigenvalue weighted by molar-refractivity contribution is -0.121. The molecule has 2 aromatic rings. The first-order chi connectivity index (χ1) is 13.6. The van der Waals surface area contributed by atoms with Gasteiger partial charge in [-0.2, -0.15) is 0 Å². The van der Waals surface area contributed by atoms with Gasteiger partial charge in [-0.3, -0.25) is 9.69 Å². The van der Waals surface area contributed by atoms with Crippen LogP contribution in [-0.2, 0) is 28.3 Å². The average Bonchev–Trinajstić information content (AvgIpc) is 3.48. The van der Waals surface area contributed by atoms with E-state index in [2.05, 4.69) is 29.2 Å². The second-order valence-corrected chi connectivity index (χ2v) is 10.2. The van der Waals surface area contributed by atoms with E-state index in [9.17, 15) is 13.2 Å². The van der Waals surface area contributed by atoms with Crippen molar-refractivity contribution in [3.05, 3.63) is 24.0 Å². The molecule has 0 bridgehead atoms. The minimum Gasteiger partial charge on any atom is -0.355 e. The summed E-state index contributed by atoms with van der Waals surface area (Å²) in [5.41, 5.74) is 1.46. The van der Waals surface area contributed by atoms with Crippen LogP contribution in [0.3, 0.4) is 0 Å². The van der Waals surface area contributed by atoms with Gasteiger partial charge in [0.1, 0.15) is 5.82 Å². The first-order valence-electron chi connectivity index (χ1n) is 9.97. The maximum atomic E-state index is 12.3. The first-order valence-corrected chi connectivity index (χ1v) is 11.4. The zero-order valence-corrected chi connectivity index (χ0v) is 18.7. The van der Waals surface area contributed by atoms with Crippen LogP contribution in [-0.4, -0.2) is 72.9 Å². The molecule has 29 heavy (non-hydrogen) atoms. The van der Waals surface area contributed by atoms with Crippen LogP contribution in [0.25, 0.3) is 11.0 Å². The zero-order chi connectivity index (χ0) is 21.3. The van der Waals surface area contributed by atoms with Gasteiger partial charge in [0, 0.05) is 52.6 Å². The molecule has 1 unspecified atom stereocenters. The minimum atomic E-state index is -3.51. The van der Waals surface area contributed by atoms with Crippen LogP contribution in [0.15, 0.2) is 23.1 Å². The Balaban J connectivity index is 1.62. The van der Waals surface area contributed by atoms with Crippen LogP contribution in [0.4, 0.5) is 0 Å². The monoisotopic (exact) mass is 421 g/mol. The molecule has 1 heterocycles. The number of imidazole rings is 1. The van der Waals surface area contributed by atoms with E-state index in [4.69, 9.17) is 0 Å². The van der Waals surface area contributed by atoms with Crippen molar-refractivity contribution >= 4 is 27.0 Å². The maximum Gasteiger partial charge on any atom is 0.242 e. The first kappa shape index (κ1) is 21.7. The number of fused-ring (bicyclic) bond motifs is 1. The Morgan fingerprint density at radius 2 is 2.00 bits per heavy atom. The van der Waals surface area contributed by atoms with E-state index in [0.717, 1.165) is 11.3 Å². The Bertz CT molecular complexity index is 995. The molecule has 1 aromatic heterocycles. The lowest BCUT2D eigenvalue weighted by Crippen LogP contribution is -2.41. The SMILES string of the molecule is CC(CNC(=O)CCc1nc2cc(S(=O)(=O)N(C)C)ccc2n1C)N(C)C1CC1. The van der Waals surface area contributed by atoms with Gasteiger partial charge in [-0.15, -0.1) is 0 Å². The van der Waals surface area contributed by atoms with Crippen molar-refractivity contribution in [1.29, 1.82) is 0 Å².